The number of halogens is 3. The lowest BCUT2D eigenvalue weighted by molar-refractivity contribution is -0.139. The molecule has 5 rings (SSSR count). The molecule has 0 saturated heterocycles. The van der Waals surface area contributed by atoms with E-state index in [0.717, 1.165) is 23.9 Å². The number of alkyl halides is 3. The summed E-state index contributed by atoms with van der Waals surface area (Å²) in [6.07, 6.45) is -3.16. The lowest BCUT2D eigenvalue weighted by atomic mass is 10.0. The summed E-state index contributed by atoms with van der Waals surface area (Å²) in [4.78, 5) is 25.6. The molecule has 2 N–H and O–H groups in total. The molecule has 2 aromatic carbocycles. The van der Waals surface area contributed by atoms with Crippen LogP contribution in [0.1, 0.15) is 24.3 Å². The average Bonchev–Trinajstić information content (AvgIpc) is 3.66. The number of thioether (sulfide) groups is 1. The van der Waals surface area contributed by atoms with Crippen LogP contribution in [0.2, 0.25) is 0 Å². The number of benzene rings is 2. The first-order valence-corrected chi connectivity index (χ1v) is 13.6. The van der Waals surface area contributed by atoms with Gasteiger partial charge in [-0.15, -0.1) is 10.2 Å². The summed E-state index contributed by atoms with van der Waals surface area (Å²) < 4.78 is 58.3. The molecule has 1 aliphatic heterocycles. The largest absolute Gasteiger partial charge is 0.497 e. The maximum atomic E-state index is 13.6. The Morgan fingerprint density at radius 3 is 2.57 bits per heavy atom. The lowest BCUT2D eigenvalue weighted by Crippen LogP contribution is -2.46. The predicted octanol–water partition coefficient (Wildman–Crippen LogP) is 5.52. The Balaban J connectivity index is 1.57. The molecule has 3 heterocycles. The third-order valence-corrected chi connectivity index (χ3v) is 7.19. The lowest BCUT2D eigenvalue weighted by Gasteiger charge is -2.27. The van der Waals surface area contributed by atoms with Crippen LogP contribution in [-0.2, 0) is 15.7 Å². The zero-order valence-electron chi connectivity index (χ0n) is 22.3. The number of urea groups is 1. The van der Waals surface area contributed by atoms with E-state index in [1.807, 2.05) is 0 Å². The number of aromatic nitrogens is 3. The van der Waals surface area contributed by atoms with Gasteiger partial charge in [0.25, 0.3) is 0 Å². The van der Waals surface area contributed by atoms with Crippen LogP contribution >= 0.6 is 11.8 Å². The molecule has 0 fully saturated rings. The number of amides is 2. The second-order valence-electron chi connectivity index (χ2n) is 8.87. The summed E-state index contributed by atoms with van der Waals surface area (Å²) >= 11 is 1.07. The van der Waals surface area contributed by atoms with Gasteiger partial charge in [0.05, 0.1) is 36.8 Å². The number of carbonyl (C=O) groups excluding carboxylic acids is 2. The summed E-state index contributed by atoms with van der Waals surface area (Å²) in [6.45, 7) is 1.75. The highest BCUT2D eigenvalue weighted by atomic mass is 32.2. The molecule has 218 valence electrons. The van der Waals surface area contributed by atoms with Gasteiger partial charge >= 0.3 is 18.2 Å². The van der Waals surface area contributed by atoms with E-state index in [2.05, 4.69) is 20.8 Å². The van der Waals surface area contributed by atoms with Gasteiger partial charge < -0.3 is 24.5 Å². The number of hydrogen-bond donors (Lipinski definition) is 2. The first kappa shape index (κ1) is 28.8. The summed E-state index contributed by atoms with van der Waals surface area (Å²) in [5, 5.41) is 14.1. The average molecular weight is 600 g/mol. The summed E-state index contributed by atoms with van der Waals surface area (Å²) in [5.74, 6) is 0.523. The second kappa shape index (κ2) is 12.0. The number of hydrogen-bond acceptors (Lipinski definition) is 8. The minimum atomic E-state index is -4.57. The van der Waals surface area contributed by atoms with Crippen molar-refractivity contribution in [1.29, 1.82) is 0 Å². The molecule has 0 saturated carbocycles. The summed E-state index contributed by atoms with van der Waals surface area (Å²) in [5.41, 5.74) is 0.259. The van der Waals surface area contributed by atoms with Crippen molar-refractivity contribution in [1.82, 2.24) is 25.4 Å². The molecule has 0 radical (unpaired) electrons. The third kappa shape index (κ3) is 5.98. The van der Waals surface area contributed by atoms with Crippen molar-refractivity contribution < 1.29 is 36.7 Å². The van der Waals surface area contributed by atoms with E-state index in [1.165, 1.54) is 30.1 Å². The number of nitrogens with one attached hydrogen (secondary N) is 2. The molecule has 1 atom stereocenters. The van der Waals surface area contributed by atoms with E-state index in [9.17, 15) is 22.8 Å². The number of esters is 1. The van der Waals surface area contributed by atoms with E-state index >= 15 is 0 Å². The van der Waals surface area contributed by atoms with Crippen LogP contribution in [-0.4, -0.2) is 46.2 Å². The molecular formula is C28H24F3N5O5S. The van der Waals surface area contributed by atoms with Gasteiger partial charge in [-0.2, -0.15) is 13.2 Å². The number of carbonyl (C=O) groups is 2. The fourth-order valence-corrected chi connectivity index (χ4v) is 5.25. The summed E-state index contributed by atoms with van der Waals surface area (Å²) in [7, 11) is 1.52. The number of methoxy groups -OCH3 is 1. The van der Waals surface area contributed by atoms with Crippen LogP contribution in [0.15, 0.2) is 87.8 Å². The van der Waals surface area contributed by atoms with Crippen molar-refractivity contribution in [2.75, 3.05) is 19.5 Å². The van der Waals surface area contributed by atoms with Crippen molar-refractivity contribution in [3.8, 4) is 22.8 Å². The first-order valence-electron chi connectivity index (χ1n) is 12.6. The zero-order chi connectivity index (χ0) is 29.9. The number of furan rings is 1. The van der Waals surface area contributed by atoms with Crippen molar-refractivity contribution in [3.05, 3.63) is 89.5 Å². The van der Waals surface area contributed by atoms with Gasteiger partial charge in [0.1, 0.15) is 17.6 Å². The van der Waals surface area contributed by atoms with Gasteiger partial charge in [0.15, 0.2) is 11.0 Å². The van der Waals surface area contributed by atoms with E-state index in [0.29, 0.717) is 17.1 Å². The van der Waals surface area contributed by atoms with Crippen LogP contribution in [0.4, 0.5) is 18.0 Å². The Bertz CT molecular complexity index is 1620. The van der Waals surface area contributed by atoms with Crippen LogP contribution < -0.4 is 15.4 Å². The SMILES string of the molecule is CCOC(=O)C1=C(CSc2nnc(-c3ccc(OC)cc3)n2-c2cccc(C(F)(F)F)c2)NC(=O)NC1c1ccco1. The molecule has 2 amide bonds. The van der Waals surface area contributed by atoms with Gasteiger partial charge in [-0.1, -0.05) is 17.8 Å². The van der Waals surface area contributed by atoms with Crippen LogP contribution in [0.25, 0.3) is 17.1 Å². The van der Waals surface area contributed by atoms with Crippen molar-refractivity contribution >= 4 is 23.8 Å². The number of ether oxygens (including phenoxy) is 2. The standard InChI is InChI=1S/C28H24F3N5O5S/c1-3-40-25(37)22-20(32-26(38)33-23(22)21-8-5-13-41-21)15-42-27-35-34-24(16-9-11-19(39-2)12-10-16)36(27)18-7-4-6-17(14-18)28(29,30)31/h4-14,23H,3,15H2,1-2H3,(H2,32,33,38). The smallest absolute Gasteiger partial charge is 0.416 e. The second-order valence-corrected chi connectivity index (χ2v) is 9.81. The molecule has 1 unspecified atom stereocenters. The van der Waals surface area contributed by atoms with E-state index in [1.54, 1.807) is 43.3 Å². The van der Waals surface area contributed by atoms with E-state index in [-0.39, 0.29) is 40.3 Å². The first-order chi connectivity index (χ1) is 20.2. The molecule has 2 aromatic heterocycles. The number of nitrogens with zero attached hydrogens (tertiary/aromatic N) is 3. The molecule has 0 aliphatic carbocycles. The zero-order valence-corrected chi connectivity index (χ0v) is 23.1. The topological polar surface area (TPSA) is 121 Å². The minimum absolute atomic E-state index is 0.00150. The monoisotopic (exact) mass is 599 g/mol. The van der Waals surface area contributed by atoms with Gasteiger partial charge in [0, 0.05) is 17.0 Å². The Hall–Kier alpha value is -4.72. The maximum absolute atomic E-state index is 13.6. The molecule has 0 bridgehead atoms. The van der Waals surface area contributed by atoms with Crippen molar-refractivity contribution in [2.24, 2.45) is 0 Å². The third-order valence-electron chi connectivity index (χ3n) is 6.24. The highest BCUT2D eigenvalue weighted by Gasteiger charge is 2.36. The summed E-state index contributed by atoms with van der Waals surface area (Å²) in [6, 6.07) is 13.4. The number of rotatable bonds is 9. The highest BCUT2D eigenvalue weighted by molar-refractivity contribution is 7.99. The van der Waals surface area contributed by atoms with Crippen molar-refractivity contribution in [3.63, 3.8) is 0 Å². The van der Waals surface area contributed by atoms with Crippen LogP contribution in [0.5, 0.6) is 5.75 Å². The fourth-order valence-electron chi connectivity index (χ4n) is 4.33. The van der Waals surface area contributed by atoms with Gasteiger partial charge in [0.2, 0.25) is 0 Å². The van der Waals surface area contributed by atoms with E-state index in [4.69, 9.17) is 13.9 Å². The molecule has 10 nitrogen and oxygen atoms in total. The highest BCUT2D eigenvalue weighted by Crippen LogP contribution is 2.35. The Labute approximate surface area is 241 Å². The quantitative estimate of drug-likeness (QED) is 0.191. The maximum Gasteiger partial charge on any atom is 0.416 e. The van der Waals surface area contributed by atoms with Gasteiger partial charge in [-0.25, -0.2) is 9.59 Å². The molecule has 0 spiro atoms. The molecule has 14 heteroatoms. The van der Waals surface area contributed by atoms with E-state index < -0.39 is 29.8 Å². The molecule has 42 heavy (non-hydrogen) atoms. The molecule has 1 aliphatic rings. The Morgan fingerprint density at radius 2 is 1.90 bits per heavy atom. The Kier molecular flexibility index (Phi) is 8.24. The molecular weight excluding hydrogens is 575 g/mol. The normalized spacial score (nSPS) is 15.3. The van der Waals surface area contributed by atoms with Crippen LogP contribution in [0.3, 0.4) is 0 Å². The van der Waals surface area contributed by atoms with Crippen molar-refractivity contribution in [2.45, 2.75) is 24.3 Å². The predicted molar refractivity (Wildman–Crippen MR) is 146 cm³/mol. The minimum Gasteiger partial charge on any atom is -0.497 e. The van der Waals surface area contributed by atoms with Gasteiger partial charge in [-0.3, -0.25) is 4.57 Å². The Morgan fingerprint density at radius 1 is 1.12 bits per heavy atom. The fraction of sp³-hybridized carbons (Fsp3) is 0.214. The van der Waals surface area contributed by atoms with Gasteiger partial charge in [-0.05, 0) is 61.5 Å². The van der Waals surface area contributed by atoms with Crippen LogP contribution in [0, 0.1) is 0 Å². The molecule has 4 aromatic rings.